The molecule has 1 aromatic carbocycles. The number of pyridine rings is 1. The van der Waals surface area contributed by atoms with E-state index < -0.39 is 10.0 Å². The highest BCUT2D eigenvalue weighted by Gasteiger charge is 2.07. The highest BCUT2D eigenvalue weighted by molar-refractivity contribution is 7.89. The molecule has 0 fully saturated rings. The van der Waals surface area contributed by atoms with Gasteiger partial charge < -0.3 is 10.2 Å². The van der Waals surface area contributed by atoms with Crippen molar-refractivity contribution < 1.29 is 8.42 Å². The van der Waals surface area contributed by atoms with Crippen LogP contribution in [0.15, 0.2) is 47.5 Å². The van der Waals surface area contributed by atoms with Crippen LogP contribution in [-0.4, -0.2) is 32.4 Å². The number of sulfonamides is 1. The van der Waals surface area contributed by atoms with Crippen LogP contribution in [0.3, 0.4) is 0 Å². The van der Waals surface area contributed by atoms with Gasteiger partial charge in [0.05, 0.1) is 0 Å². The summed E-state index contributed by atoms with van der Waals surface area (Å²) in [6.45, 7) is 1.52. The third kappa shape index (κ3) is 4.80. The number of anilines is 1. The topological polar surface area (TPSA) is 88.3 Å². The summed E-state index contributed by atoms with van der Waals surface area (Å²) >= 11 is 0. The molecule has 2 rings (SSSR count). The van der Waals surface area contributed by atoms with Gasteiger partial charge in [-0.05, 0) is 37.4 Å². The lowest BCUT2D eigenvalue weighted by molar-refractivity contribution is 0.402. The first-order chi connectivity index (χ1) is 10.3. The predicted octanol–water partition coefficient (Wildman–Crippen LogP) is 1.40. The summed E-state index contributed by atoms with van der Waals surface area (Å²) in [5.74, 6) is 0.602. The second-order valence-electron chi connectivity index (χ2n) is 5.33. The van der Waals surface area contributed by atoms with Crippen molar-refractivity contribution in [1.82, 2.24) is 9.88 Å². The van der Waals surface area contributed by atoms with Gasteiger partial charge in [-0.2, -0.15) is 0 Å². The summed E-state index contributed by atoms with van der Waals surface area (Å²) < 4.78 is 22.3. The molecule has 0 bridgehead atoms. The second kappa shape index (κ2) is 6.87. The van der Waals surface area contributed by atoms with Crippen molar-refractivity contribution in [3.05, 3.63) is 53.7 Å². The van der Waals surface area contributed by atoms with Crippen LogP contribution >= 0.6 is 0 Å². The summed E-state index contributed by atoms with van der Waals surface area (Å²) in [5.41, 5.74) is 2.38. The Balaban J connectivity index is 1.95. The molecule has 2 aromatic rings. The van der Waals surface area contributed by atoms with Gasteiger partial charge in [-0.3, -0.25) is 0 Å². The standard InChI is InChI=1S/C15H20N4O2S/c1-19(2)11-13-5-3-12(4-6-13)9-17-15-8-7-14(10-18-15)22(16,20)21/h3-8,10H,9,11H2,1-2H3,(H,17,18)(H2,16,20,21). The molecule has 7 heteroatoms. The molecule has 6 nitrogen and oxygen atoms in total. The first kappa shape index (κ1) is 16.4. The molecule has 1 heterocycles. The molecule has 0 atom stereocenters. The van der Waals surface area contributed by atoms with E-state index in [0.29, 0.717) is 12.4 Å². The van der Waals surface area contributed by atoms with Gasteiger partial charge >= 0.3 is 0 Å². The maximum atomic E-state index is 11.1. The van der Waals surface area contributed by atoms with Crippen molar-refractivity contribution in [2.24, 2.45) is 5.14 Å². The first-order valence-electron chi connectivity index (χ1n) is 6.80. The summed E-state index contributed by atoms with van der Waals surface area (Å²) in [6, 6.07) is 11.3. The normalized spacial score (nSPS) is 11.6. The highest BCUT2D eigenvalue weighted by atomic mass is 32.2. The van der Waals surface area contributed by atoms with Crippen LogP contribution in [0.25, 0.3) is 0 Å². The summed E-state index contributed by atoms with van der Waals surface area (Å²) in [7, 11) is 0.372. The van der Waals surface area contributed by atoms with E-state index >= 15 is 0 Å². The number of nitrogens with two attached hydrogens (primary N) is 1. The Bertz CT molecular complexity index is 710. The number of benzene rings is 1. The third-order valence-corrected chi connectivity index (χ3v) is 3.96. The molecule has 0 aliphatic heterocycles. The monoisotopic (exact) mass is 320 g/mol. The zero-order valence-electron chi connectivity index (χ0n) is 12.7. The lowest BCUT2D eigenvalue weighted by atomic mass is 10.1. The molecule has 0 saturated heterocycles. The van der Waals surface area contributed by atoms with Crippen molar-refractivity contribution in [3.8, 4) is 0 Å². The number of primary sulfonamides is 1. The van der Waals surface area contributed by atoms with E-state index in [-0.39, 0.29) is 4.90 Å². The smallest absolute Gasteiger partial charge is 0.239 e. The zero-order chi connectivity index (χ0) is 16.2. The highest BCUT2D eigenvalue weighted by Crippen LogP contribution is 2.11. The van der Waals surface area contributed by atoms with Gasteiger partial charge in [0.15, 0.2) is 0 Å². The lowest BCUT2D eigenvalue weighted by Gasteiger charge is -2.10. The average Bonchev–Trinajstić information content (AvgIpc) is 2.45. The molecule has 1 aromatic heterocycles. The molecule has 0 aliphatic rings. The fourth-order valence-electron chi connectivity index (χ4n) is 1.97. The third-order valence-electron chi connectivity index (χ3n) is 3.06. The van der Waals surface area contributed by atoms with Gasteiger partial charge in [-0.15, -0.1) is 0 Å². The number of nitrogens with zero attached hydrogens (tertiary/aromatic N) is 2. The van der Waals surface area contributed by atoms with Crippen molar-refractivity contribution in [1.29, 1.82) is 0 Å². The number of rotatable bonds is 6. The fraction of sp³-hybridized carbons (Fsp3) is 0.267. The molecule has 3 N–H and O–H groups in total. The number of nitrogens with one attached hydrogen (secondary N) is 1. The van der Waals surface area contributed by atoms with Gasteiger partial charge in [0.25, 0.3) is 0 Å². The molecule has 0 saturated carbocycles. The predicted molar refractivity (Wildman–Crippen MR) is 86.8 cm³/mol. The van der Waals surface area contributed by atoms with Crippen LogP contribution in [-0.2, 0) is 23.1 Å². The van der Waals surface area contributed by atoms with Crippen LogP contribution in [0, 0.1) is 0 Å². The Labute approximate surface area is 131 Å². The van der Waals surface area contributed by atoms with Crippen molar-refractivity contribution in [3.63, 3.8) is 0 Å². The Morgan fingerprint density at radius 2 is 1.73 bits per heavy atom. The fourth-order valence-corrected chi connectivity index (χ4v) is 2.43. The Morgan fingerprint density at radius 3 is 2.23 bits per heavy atom. The Morgan fingerprint density at radius 1 is 1.09 bits per heavy atom. The second-order valence-corrected chi connectivity index (χ2v) is 6.89. The maximum absolute atomic E-state index is 11.1. The van der Waals surface area contributed by atoms with E-state index in [1.165, 1.54) is 17.8 Å². The van der Waals surface area contributed by atoms with E-state index in [4.69, 9.17) is 5.14 Å². The molecule has 0 radical (unpaired) electrons. The molecule has 0 spiro atoms. The number of hydrogen-bond donors (Lipinski definition) is 2. The van der Waals surface area contributed by atoms with Crippen molar-refractivity contribution >= 4 is 15.8 Å². The van der Waals surface area contributed by atoms with Crippen LogP contribution in [0.4, 0.5) is 5.82 Å². The summed E-state index contributed by atoms with van der Waals surface area (Å²) in [4.78, 5) is 6.16. The van der Waals surface area contributed by atoms with Crippen LogP contribution < -0.4 is 10.5 Å². The van der Waals surface area contributed by atoms with Crippen LogP contribution in [0.1, 0.15) is 11.1 Å². The minimum Gasteiger partial charge on any atom is -0.366 e. The maximum Gasteiger partial charge on any atom is 0.239 e. The molecule has 0 aliphatic carbocycles. The SMILES string of the molecule is CN(C)Cc1ccc(CNc2ccc(S(N)(=O)=O)cn2)cc1. The Kier molecular flexibility index (Phi) is 5.12. The van der Waals surface area contributed by atoms with Gasteiger partial charge in [0.2, 0.25) is 10.0 Å². The van der Waals surface area contributed by atoms with Gasteiger partial charge in [-0.1, -0.05) is 24.3 Å². The lowest BCUT2D eigenvalue weighted by Crippen LogP contribution is -2.12. The summed E-state index contributed by atoms with van der Waals surface area (Å²) in [6.07, 6.45) is 1.25. The van der Waals surface area contributed by atoms with E-state index in [0.717, 1.165) is 12.1 Å². The van der Waals surface area contributed by atoms with Gasteiger partial charge in [0.1, 0.15) is 10.7 Å². The van der Waals surface area contributed by atoms with E-state index in [2.05, 4.69) is 39.5 Å². The van der Waals surface area contributed by atoms with E-state index in [9.17, 15) is 8.42 Å². The molecular weight excluding hydrogens is 300 g/mol. The Hall–Kier alpha value is -1.96. The molecule has 0 amide bonds. The molecule has 0 unspecified atom stereocenters. The largest absolute Gasteiger partial charge is 0.366 e. The zero-order valence-corrected chi connectivity index (χ0v) is 13.5. The van der Waals surface area contributed by atoms with E-state index in [1.807, 2.05) is 14.1 Å². The van der Waals surface area contributed by atoms with Crippen LogP contribution in [0.2, 0.25) is 0 Å². The van der Waals surface area contributed by atoms with Gasteiger partial charge in [-0.25, -0.2) is 18.5 Å². The van der Waals surface area contributed by atoms with Crippen LogP contribution in [0.5, 0.6) is 0 Å². The summed E-state index contributed by atoms with van der Waals surface area (Å²) in [5, 5.41) is 8.17. The first-order valence-corrected chi connectivity index (χ1v) is 8.34. The molecule has 118 valence electrons. The van der Waals surface area contributed by atoms with E-state index in [1.54, 1.807) is 6.07 Å². The minimum atomic E-state index is -3.70. The average molecular weight is 320 g/mol. The van der Waals surface area contributed by atoms with Crippen molar-refractivity contribution in [2.45, 2.75) is 18.0 Å². The molecule has 22 heavy (non-hydrogen) atoms. The molecular formula is C15H20N4O2S. The van der Waals surface area contributed by atoms with Gasteiger partial charge in [0, 0.05) is 19.3 Å². The van der Waals surface area contributed by atoms with Crippen molar-refractivity contribution in [2.75, 3.05) is 19.4 Å². The quantitative estimate of drug-likeness (QED) is 0.840. The number of hydrogen-bond acceptors (Lipinski definition) is 5. The minimum absolute atomic E-state index is 0.00564. The number of aromatic nitrogens is 1.